The Balaban J connectivity index is 1.20. The van der Waals surface area contributed by atoms with Crippen LogP contribution in [0.5, 0.6) is 0 Å². The van der Waals surface area contributed by atoms with Gasteiger partial charge in [-0.25, -0.2) is 0 Å². The van der Waals surface area contributed by atoms with E-state index < -0.39 is 0 Å². The van der Waals surface area contributed by atoms with E-state index in [0.717, 1.165) is 55.6 Å². The number of para-hydroxylation sites is 1. The molecule has 248 valence electrons. The van der Waals surface area contributed by atoms with E-state index in [1.165, 1.54) is 43.6 Å². The second kappa shape index (κ2) is 11.7. The van der Waals surface area contributed by atoms with Crippen LogP contribution in [0.15, 0.2) is 199 Å². The fraction of sp³-hybridized carbons (Fsp3) is 0. The van der Waals surface area contributed by atoms with Crippen molar-refractivity contribution in [2.45, 2.75) is 0 Å². The van der Waals surface area contributed by atoms with Gasteiger partial charge in [0.25, 0.3) is 0 Å². The van der Waals surface area contributed by atoms with Gasteiger partial charge in [-0.3, -0.25) is 0 Å². The molecule has 0 atom stereocenters. The number of aromatic nitrogens is 1. The van der Waals surface area contributed by atoms with Gasteiger partial charge in [0.15, 0.2) is 0 Å². The molecule has 0 saturated carbocycles. The Morgan fingerprint density at radius 3 is 1.92 bits per heavy atom. The maximum Gasteiger partial charge on any atom is 0.143 e. The minimum atomic E-state index is 0.870. The average molecular weight is 677 g/mol. The molecule has 0 aliphatic heterocycles. The normalized spacial score (nSPS) is 11.8. The monoisotopic (exact) mass is 676 g/mol. The van der Waals surface area contributed by atoms with Crippen LogP contribution in [0.25, 0.3) is 82.1 Å². The van der Waals surface area contributed by atoms with Crippen molar-refractivity contribution >= 4 is 82.4 Å². The summed E-state index contributed by atoms with van der Waals surface area (Å²) in [4.78, 5) is 2.38. The van der Waals surface area contributed by atoms with Gasteiger partial charge in [-0.05, 0) is 94.0 Å². The lowest BCUT2D eigenvalue weighted by atomic mass is 10.0. The molecule has 53 heavy (non-hydrogen) atoms. The summed E-state index contributed by atoms with van der Waals surface area (Å²) in [5, 5.41) is 9.40. The van der Waals surface area contributed by atoms with Gasteiger partial charge in [0.1, 0.15) is 11.2 Å². The average Bonchev–Trinajstić information content (AvgIpc) is 3.77. The second-order valence-electron chi connectivity index (χ2n) is 13.8. The predicted molar refractivity (Wildman–Crippen MR) is 223 cm³/mol. The Morgan fingerprint density at radius 1 is 0.396 bits per heavy atom. The first-order valence-corrected chi connectivity index (χ1v) is 18.1. The number of rotatable bonds is 5. The van der Waals surface area contributed by atoms with Gasteiger partial charge in [0, 0.05) is 38.6 Å². The molecule has 0 N–H and O–H groups in total. The van der Waals surface area contributed by atoms with E-state index in [4.69, 9.17) is 4.42 Å². The van der Waals surface area contributed by atoms with Gasteiger partial charge in [-0.15, -0.1) is 0 Å². The van der Waals surface area contributed by atoms with Crippen LogP contribution in [-0.4, -0.2) is 4.57 Å². The number of hydrogen-bond acceptors (Lipinski definition) is 2. The lowest BCUT2D eigenvalue weighted by Gasteiger charge is -2.26. The minimum absolute atomic E-state index is 0.870. The molecular formula is C50H32N2O. The first kappa shape index (κ1) is 29.6. The Labute approximate surface area is 306 Å². The first-order valence-electron chi connectivity index (χ1n) is 18.1. The number of furan rings is 1. The Hall–Kier alpha value is -7.10. The van der Waals surface area contributed by atoms with Gasteiger partial charge < -0.3 is 13.9 Å². The number of hydrogen-bond donors (Lipinski definition) is 0. The molecule has 0 unspecified atom stereocenters. The summed E-state index contributed by atoms with van der Waals surface area (Å²) in [5.41, 5.74) is 10.8. The van der Waals surface area contributed by atoms with Crippen molar-refractivity contribution in [1.82, 2.24) is 4.57 Å². The highest BCUT2D eigenvalue weighted by atomic mass is 16.3. The zero-order valence-corrected chi connectivity index (χ0v) is 28.8. The van der Waals surface area contributed by atoms with E-state index in [0.29, 0.717) is 0 Å². The van der Waals surface area contributed by atoms with Gasteiger partial charge in [-0.2, -0.15) is 0 Å². The summed E-state index contributed by atoms with van der Waals surface area (Å²) < 4.78 is 9.11. The van der Waals surface area contributed by atoms with Crippen LogP contribution in [0.2, 0.25) is 0 Å². The molecule has 9 aromatic carbocycles. The van der Waals surface area contributed by atoms with Crippen molar-refractivity contribution in [3.63, 3.8) is 0 Å². The van der Waals surface area contributed by atoms with Crippen LogP contribution >= 0.6 is 0 Å². The molecule has 0 spiro atoms. The van der Waals surface area contributed by atoms with Gasteiger partial charge in [0.2, 0.25) is 0 Å². The molecule has 2 heterocycles. The highest BCUT2D eigenvalue weighted by molar-refractivity contribution is 6.20. The summed E-state index contributed by atoms with van der Waals surface area (Å²) >= 11 is 0. The summed E-state index contributed by atoms with van der Waals surface area (Å²) in [6.07, 6.45) is 0. The molecular weight excluding hydrogens is 645 g/mol. The van der Waals surface area contributed by atoms with Crippen LogP contribution in [-0.2, 0) is 0 Å². The zero-order chi connectivity index (χ0) is 34.9. The zero-order valence-electron chi connectivity index (χ0n) is 28.8. The third-order valence-electron chi connectivity index (χ3n) is 10.7. The van der Waals surface area contributed by atoms with Gasteiger partial charge >= 0.3 is 0 Å². The quantitative estimate of drug-likeness (QED) is 0.181. The number of anilines is 3. The van der Waals surface area contributed by atoms with Crippen molar-refractivity contribution in [3.8, 4) is 16.8 Å². The van der Waals surface area contributed by atoms with E-state index >= 15 is 0 Å². The third kappa shape index (κ3) is 4.68. The van der Waals surface area contributed by atoms with Crippen molar-refractivity contribution in [3.05, 3.63) is 194 Å². The van der Waals surface area contributed by atoms with Crippen molar-refractivity contribution < 1.29 is 4.42 Å². The van der Waals surface area contributed by atoms with E-state index in [1.807, 2.05) is 0 Å². The number of nitrogens with zero attached hydrogens (tertiary/aromatic N) is 2. The molecule has 2 aromatic heterocycles. The van der Waals surface area contributed by atoms with Crippen molar-refractivity contribution in [1.29, 1.82) is 0 Å². The van der Waals surface area contributed by atoms with Gasteiger partial charge in [-0.1, -0.05) is 127 Å². The minimum Gasteiger partial charge on any atom is -0.455 e. The summed E-state index contributed by atoms with van der Waals surface area (Å²) in [5.74, 6) is 0. The molecule has 3 nitrogen and oxygen atoms in total. The first-order chi connectivity index (χ1) is 26.3. The van der Waals surface area contributed by atoms with Crippen LogP contribution in [0.3, 0.4) is 0 Å². The lowest BCUT2D eigenvalue weighted by molar-refractivity contribution is 0.672. The third-order valence-corrected chi connectivity index (χ3v) is 10.7. The molecule has 0 aliphatic rings. The smallest absolute Gasteiger partial charge is 0.143 e. The summed E-state index contributed by atoms with van der Waals surface area (Å²) in [6.45, 7) is 0. The summed E-state index contributed by atoms with van der Waals surface area (Å²) in [7, 11) is 0. The highest BCUT2D eigenvalue weighted by Gasteiger charge is 2.22. The maximum atomic E-state index is 6.67. The van der Waals surface area contributed by atoms with E-state index in [2.05, 4.69) is 204 Å². The fourth-order valence-electron chi connectivity index (χ4n) is 8.29. The Bertz CT molecular complexity index is 3170. The topological polar surface area (TPSA) is 21.3 Å². The van der Waals surface area contributed by atoms with E-state index in [9.17, 15) is 0 Å². The highest BCUT2D eigenvalue weighted by Crippen LogP contribution is 2.46. The lowest BCUT2D eigenvalue weighted by Crippen LogP contribution is -2.10. The van der Waals surface area contributed by atoms with Crippen LogP contribution < -0.4 is 4.90 Å². The van der Waals surface area contributed by atoms with E-state index in [1.54, 1.807) is 0 Å². The Morgan fingerprint density at radius 2 is 1.08 bits per heavy atom. The SMILES string of the molecule is c1ccc(-c2cccc(-n3c4cc(N(c5ccccc5)c5cccc6oc7c8ccccc8ccc7c56)ccc4c4cc5ccccc5cc43)c2)cc1. The standard InChI is InChI=1S/C50H32N2O/c1-3-13-33(14-4-1)35-18-11-21-39(29-35)52-46-31-37-17-8-7-16-36(37)30-44(46)42-28-26-40(32-47(42)52)51(38-19-5-2-6-20-38)45-23-12-24-48-49(45)43-27-25-34-15-9-10-22-41(34)50(43)53-48/h1-32H. The van der Waals surface area contributed by atoms with Crippen LogP contribution in [0, 0.1) is 0 Å². The molecule has 3 heteroatoms. The fourth-order valence-corrected chi connectivity index (χ4v) is 8.29. The number of benzene rings is 9. The second-order valence-corrected chi connectivity index (χ2v) is 13.8. The molecule has 0 bridgehead atoms. The molecule has 0 aliphatic carbocycles. The van der Waals surface area contributed by atoms with Gasteiger partial charge in [0.05, 0.1) is 22.1 Å². The number of fused-ring (bicyclic) bond motifs is 9. The summed E-state index contributed by atoms with van der Waals surface area (Å²) in [6, 6.07) is 69.8. The van der Waals surface area contributed by atoms with E-state index in [-0.39, 0.29) is 0 Å². The van der Waals surface area contributed by atoms with Crippen LogP contribution in [0.4, 0.5) is 17.1 Å². The molecule has 0 radical (unpaired) electrons. The van der Waals surface area contributed by atoms with Crippen molar-refractivity contribution in [2.24, 2.45) is 0 Å². The molecule has 0 fully saturated rings. The largest absolute Gasteiger partial charge is 0.455 e. The predicted octanol–water partition coefficient (Wildman–Crippen LogP) is 14.1. The molecule has 11 rings (SSSR count). The molecule has 0 amide bonds. The Kier molecular flexibility index (Phi) is 6.55. The molecule has 11 aromatic rings. The van der Waals surface area contributed by atoms with Crippen molar-refractivity contribution in [2.75, 3.05) is 4.90 Å². The molecule has 0 saturated heterocycles. The van der Waals surface area contributed by atoms with Crippen LogP contribution in [0.1, 0.15) is 0 Å². The maximum absolute atomic E-state index is 6.67.